The lowest BCUT2D eigenvalue weighted by molar-refractivity contribution is -0.141. The highest BCUT2D eigenvalue weighted by Gasteiger charge is 2.33. The van der Waals surface area contributed by atoms with E-state index in [0.29, 0.717) is 16.1 Å². The summed E-state index contributed by atoms with van der Waals surface area (Å²) in [5, 5.41) is 0.471. The van der Waals surface area contributed by atoms with Crippen LogP contribution in [0.2, 0.25) is 5.02 Å². The first-order valence-electron chi connectivity index (χ1n) is 6.05. The van der Waals surface area contributed by atoms with Crippen molar-refractivity contribution < 1.29 is 17.9 Å². The number of hydrogen-bond donors (Lipinski definition) is 1. The normalized spacial score (nSPS) is 11.5. The highest BCUT2D eigenvalue weighted by atomic mass is 35.5. The molecule has 0 radical (unpaired) electrons. The van der Waals surface area contributed by atoms with Gasteiger partial charge in [-0.25, -0.2) is 4.98 Å². The number of aromatic nitrogens is 1. The van der Waals surface area contributed by atoms with Gasteiger partial charge >= 0.3 is 6.18 Å². The number of pyridine rings is 1. The Balaban J connectivity index is 2.24. The Morgan fingerprint density at radius 3 is 2.43 bits per heavy atom. The van der Waals surface area contributed by atoms with Crippen LogP contribution < -0.4 is 10.5 Å². The molecule has 0 amide bonds. The molecule has 0 spiro atoms. The van der Waals surface area contributed by atoms with Crippen molar-refractivity contribution in [2.75, 3.05) is 0 Å². The van der Waals surface area contributed by atoms with E-state index in [1.54, 1.807) is 24.3 Å². The van der Waals surface area contributed by atoms with Crippen LogP contribution in [0.25, 0.3) is 0 Å². The van der Waals surface area contributed by atoms with Crippen LogP contribution in [0, 0.1) is 0 Å². The van der Waals surface area contributed by atoms with Gasteiger partial charge in [0.2, 0.25) is 5.88 Å². The molecule has 1 heterocycles. The van der Waals surface area contributed by atoms with Crippen LogP contribution >= 0.6 is 11.6 Å². The summed E-state index contributed by atoms with van der Waals surface area (Å²) in [4.78, 5) is 3.49. The van der Waals surface area contributed by atoms with Crippen molar-refractivity contribution in [2.24, 2.45) is 5.73 Å². The van der Waals surface area contributed by atoms with E-state index in [2.05, 4.69) is 4.98 Å². The van der Waals surface area contributed by atoms with Gasteiger partial charge in [-0.05, 0) is 12.1 Å². The summed E-state index contributed by atoms with van der Waals surface area (Å²) in [6.45, 7) is 0.0456. The maximum atomic E-state index is 12.7. The first kappa shape index (κ1) is 15.6. The monoisotopic (exact) mass is 316 g/mol. The molecule has 0 aliphatic carbocycles. The molecule has 2 N–H and O–H groups in total. The second-order valence-electron chi connectivity index (χ2n) is 4.24. The van der Waals surface area contributed by atoms with Gasteiger partial charge in [0.25, 0.3) is 0 Å². The number of rotatable bonds is 4. The minimum Gasteiger partial charge on any atom is -0.472 e. The fourth-order valence-corrected chi connectivity index (χ4v) is 1.86. The van der Waals surface area contributed by atoms with Gasteiger partial charge < -0.3 is 10.5 Å². The molecule has 0 atom stereocenters. The van der Waals surface area contributed by atoms with Crippen LogP contribution in [0.5, 0.6) is 5.88 Å². The van der Waals surface area contributed by atoms with E-state index in [4.69, 9.17) is 22.1 Å². The van der Waals surface area contributed by atoms with Crippen LogP contribution in [0.1, 0.15) is 16.8 Å². The number of nitrogens with zero attached hydrogens (tertiary/aromatic N) is 1. The molecule has 21 heavy (non-hydrogen) atoms. The largest absolute Gasteiger partial charge is 0.472 e. The maximum absolute atomic E-state index is 12.7. The second-order valence-corrected chi connectivity index (χ2v) is 4.65. The molecule has 0 bridgehead atoms. The van der Waals surface area contributed by atoms with E-state index in [-0.39, 0.29) is 19.0 Å². The minimum absolute atomic E-state index is 0.0149. The maximum Gasteiger partial charge on any atom is 0.433 e. The van der Waals surface area contributed by atoms with Crippen molar-refractivity contribution in [1.82, 2.24) is 4.98 Å². The third-order valence-corrected chi connectivity index (χ3v) is 3.14. The van der Waals surface area contributed by atoms with E-state index < -0.39 is 11.9 Å². The quantitative estimate of drug-likeness (QED) is 0.933. The summed E-state index contributed by atoms with van der Waals surface area (Å²) >= 11 is 5.96. The molecule has 2 rings (SSSR count). The molecule has 1 aromatic carbocycles. The summed E-state index contributed by atoms with van der Waals surface area (Å²) in [6, 6.07) is 9.04. The lowest BCUT2D eigenvalue weighted by Gasteiger charge is -2.13. The average molecular weight is 317 g/mol. The summed E-state index contributed by atoms with van der Waals surface area (Å²) < 4.78 is 43.3. The average Bonchev–Trinajstić information content (AvgIpc) is 2.45. The Morgan fingerprint density at radius 1 is 1.10 bits per heavy atom. The highest BCUT2D eigenvalue weighted by Crippen LogP contribution is 2.30. The molecule has 1 aromatic heterocycles. The van der Waals surface area contributed by atoms with Crippen molar-refractivity contribution in [3.63, 3.8) is 0 Å². The zero-order valence-electron chi connectivity index (χ0n) is 10.8. The number of ether oxygens (including phenoxy) is 1. The Kier molecular flexibility index (Phi) is 4.69. The van der Waals surface area contributed by atoms with Gasteiger partial charge in [-0.1, -0.05) is 35.9 Å². The van der Waals surface area contributed by atoms with Crippen molar-refractivity contribution in [1.29, 1.82) is 0 Å². The van der Waals surface area contributed by atoms with Gasteiger partial charge in [-0.3, -0.25) is 0 Å². The molecule has 0 unspecified atom stereocenters. The summed E-state index contributed by atoms with van der Waals surface area (Å²) in [5.74, 6) is -0.132. The lowest BCUT2D eigenvalue weighted by Crippen LogP contribution is -2.12. The summed E-state index contributed by atoms with van der Waals surface area (Å²) in [6.07, 6.45) is -4.53. The predicted molar refractivity (Wildman–Crippen MR) is 72.9 cm³/mol. The van der Waals surface area contributed by atoms with Crippen LogP contribution in [0.3, 0.4) is 0 Å². The fraction of sp³-hybridized carbons (Fsp3) is 0.214. The van der Waals surface area contributed by atoms with Gasteiger partial charge in [0, 0.05) is 22.7 Å². The SMILES string of the molecule is NCc1ccc(C(F)(F)F)nc1OCc1ccccc1Cl. The van der Waals surface area contributed by atoms with Crippen molar-refractivity contribution >= 4 is 11.6 Å². The topological polar surface area (TPSA) is 48.1 Å². The van der Waals surface area contributed by atoms with Crippen LogP contribution in [-0.2, 0) is 19.3 Å². The van der Waals surface area contributed by atoms with E-state index in [1.807, 2.05) is 0 Å². The van der Waals surface area contributed by atoms with Crippen molar-refractivity contribution in [3.8, 4) is 5.88 Å². The molecular weight excluding hydrogens is 305 g/mol. The molecule has 7 heteroatoms. The minimum atomic E-state index is -4.53. The number of hydrogen-bond acceptors (Lipinski definition) is 3. The van der Waals surface area contributed by atoms with E-state index in [1.165, 1.54) is 6.07 Å². The number of benzene rings is 1. The molecule has 0 saturated carbocycles. The molecular formula is C14H12ClF3N2O. The number of nitrogens with two attached hydrogens (primary N) is 1. The third-order valence-electron chi connectivity index (χ3n) is 2.77. The Morgan fingerprint density at radius 2 is 1.81 bits per heavy atom. The highest BCUT2D eigenvalue weighted by molar-refractivity contribution is 6.31. The fourth-order valence-electron chi connectivity index (χ4n) is 1.67. The second kappa shape index (κ2) is 6.32. The van der Waals surface area contributed by atoms with Gasteiger partial charge in [0.05, 0.1) is 0 Å². The summed E-state index contributed by atoms with van der Waals surface area (Å²) in [5.41, 5.74) is 5.51. The van der Waals surface area contributed by atoms with Gasteiger partial charge in [-0.2, -0.15) is 13.2 Å². The van der Waals surface area contributed by atoms with Gasteiger partial charge in [0.1, 0.15) is 12.3 Å². The molecule has 3 nitrogen and oxygen atoms in total. The van der Waals surface area contributed by atoms with Crippen LogP contribution in [-0.4, -0.2) is 4.98 Å². The first-order valence-corrected chi connectivity index (χ1v) is 6.43. The summed E-state index contributed by atoms with van der Waals surface area (Å²) in [7, 11) is 0. The molecule has 0 aliphatic rings. The van der Waals surface area contributed by atoms with E-state index >= 15 is 0 Å². The van der Waals surface area contributed by atoms with E-state index in [0.717, 1.165) is 6.07 Å². The Bertz CT molecular complexity index is 632. The Hall–Kier alpha value is -1.79. The van der Waals surface area contributed by atoms with E-state index in [9.17, 15) is 13.2 Å². The molecule has 0 aliphatic heterocycles. The first-order chi connectivity index (χ1) is 9.91. The molecule has 0 fully saturated rings. The number of alkyl halides is 3. The standard InChI is InChI=1S/C14H12ClF3N2O/c15-11-4-2-1-3-10(11)8-21-13-9(7-19)5-6-12(20-13)14(16,17)18/h1-6H,7-8,19H2. The number of halogens is 4. The molecule has 2 aromatic rings. The van der Waals surface area contributed by atoms with Crippen LogP contribution in [0.4, 0.5) is 13.2 Å². The molecule has 112 valence electrons. The van der Waals surface area contributed by atoms with Crippen molar-refractivity contribution in [2.45, 2.75) is 19.3 Å². The smallest absolute Gasteiger partial charge is 0.433 e. The van der Waals surface area contributed by atoms with Gasteiger partial charge in [-0.15, -0.1) is 0 Å². The van der Waals surface area contributed by atoms with Gasteiger partial charge in [0.15, 0.2) is 0 Å². The lowest BCUT2D eigenvalue weighted by atomic mass is 10.2. The zero-order valence-corrected chi connectivity index (χ0v) is 11.6. The van der Waals surface area contributed by atoms with Crippen molar-refractivity contribution in [3.05, 3.63) is 58.2 Å². The zero-order chi connectivity index (χ0) is 15.5. The predicted octanol–water partition coefficient (Wildman–Crippen LogP) is 3.79. The molecule has 0 saturated heterocycles. The Labute approximate surface area is 124 Å². The third kappa shape index (κ3) is 3.86. The van der Waals surface area contributed by atoms with Crippen LogP contribution in [0.15, 0.2) is 36.4 Å².